The minimum absolute atomic E-state index is 0.296. The number of aliphatic hydroxyl groups excluding tert-OH is 1. The van der Waals surface area contributed by atoms with Crippen LogP contribution in [-0.4, -0.2) is 22.8 Å². The van der Waals surface area contributed by atoms with Crippen LogP contribution in [0.5, 0.6) is 0 Å². The quantitative estimate of drug-likeness (QED) is 0.716. The lowest BCUT2D eigenvalue weighted by atomic mass is 10.0. The summed E-state index contributed by atoms with van der Waals surface area (Å²) in [5.74, 6) is 0.593. The van der Waals surface area contributed by atoms with Crippen molar-refractivity contribution in [1.82, 2.24) is 9.88 Å². The maximum Gasteiger partial charge on any atom is 0.0434 e. The van der Waals surface area contributed by atoms with E-state index in [4.69, 9.17) is 5.11 Å². The molecular formula is C12H22N2O. The first-order valence-corrected chi connectivity index (χ1v) is 5.69. The van der Waals surface area contributed by atoms with Gasteiger partial charge in [0.2, 0.25) is 0 Å². The topological polar surface area (TPSA) is 37.2 Å². The Hall–Kier alpha value is -0.800. The van der Waals surface area contributed by atoms with Crippen molar-refractivity contribution in [2.45, 2.75) is 26.3 Å². The Morgan fingerprint density at radius 3 is 2.87 bits per heavy atom. The van der Waals surface area contributed by atoms with Crippen molar-refractivity contribution in [3.05, 3.63) is 24.0 Å². The summed E-state index contributed by atoms with van der Waals surface area (Å²) in [6.45, 7) is 4.36. The molecule has 1 heterocycles. The average Bonchev–Trinajstić information content (AvgIpc) is 2.63. The Bertz CT molecular complexity index is 270. The van der Waals surface area contributed by atoms with Gasteiger partial charge in [0.05, 0.1) is 0 Å². The van der Waals surface area contributed by atoms with Gasteiger partial charge < -0.3 is 15.0 Å². The highest BCUT2D eigenvalue weighted by Crippen LogP contribution is 2.06. The van der Waals surface area contributed by atoms with Gasteiger partial charge >= 0.3 is 0 Å². The van der Waals surface area contributed by atoms with Gasteiger partial charge in [-0.05, 0) is 31.0 Å². The summed E-state index contributed by atoms with van der Waals surface area (Å²) < 4.78 is 2.12. The Morgan fingerprint density at radius 2 is 2.33 bits per heavy atom. The molecule has 0 aromatic carbocycles. The zero-order valence-corrected chi connectivity index (χ0v) is 9.74. The standard InChI is InChI=1S/C12H22N2O/c1-3-11(6-8-15)9-13-10-12-5-4-7-14(12)2/h4-5,7,11,13,15H,3,6,8-10H2,1-2H3. The van der Waals surface area contributed by atoms with Crippen LogP contribution in [0.3, 0.4) is 0 Å². The summed E-state index contributed by atoms with van der Waals surface area (Å²) in [5, 5.41) is 12.3. The van der Waals surface area contributed by atoms with E-state index in [1.165, 1.54) is 5.69 Å². The Morgan fingerprint density at radius 1 is 1.53 bits per heavy atom. The fourth-order valence-electron chi connectivity index (χ4n) is 1.72. The van der Waals surface area contributed by atoms with E-state index >= 15 is 0 Å². The van der Waals surface area contributed by atoms with Gasteiger partial charge in [-0.3, -0.25) is 0 Å². The molecule has 0 aliphatic rings. The minimum Gasteiger partial charge on any atom is -0.396 e. The molecule has 0 amide bonds. The fourth-order valence-corrected chi connectivity index (χ4v) is 1.72. The average molecular weight is 210 g/mol. The van der Waals surface area contributed by atoms with Crippen molar-refractivity contribution in [2.24, 2.45) is 13.0 Å². The summed E-state index contributed by atoms with van der Waals surface area (Å²) in [4.78, 5) is 0. The van der Waals surface area contributed by atoms with Crippen LogP contribution in [0.2, 0.25) is 0 Å². The van der Waals surface area contributed by atoms with Crippen LogP contribution in [0, 0.1) is 5.92 Å². The molecule has 1 aromatic rings. The van der Waals surface area contributed by atoms with Crippen LogP contribution in [-0.2, 0) is 13.6 Å². The first-order valence-electron chi connectivity index (χ1n) is 5.69. The van der Waals surface area contributed by atoms with E-state index in [1.807, 2.05) is 0 Å². The monoisotopic (exact) mass is 210 g/mol. The first kappa shape index (κ1) is 12.3. The molecule has 0 fully saturated rings. The molecule has 1 aromatic heterocycles. The number of rotatable bonds is 7. The number of aromatic nitrogens is 1. The van der Waals surface area contributed by atoms with Crippen LogP contribution in [0.25, 0.3) is 0 Å². The highest BCUT2D eigenvalue weighted by atomic mass is 16.3. The number of aliphatic hydroxyl groups is 1. The molecule has 86 valence electrons. The molecule has 3 nitrogen and oxygen atoms in total. The van der Waals surface area contributed by atoms with E-state index in [1.54, 1.807) is 0 Å². The van der Waals surface area contributed by atoms with Crippen LogP contribution < -0.4 is 5.32 Å². The molecule has 2 N–H and O–H groups in total. The summed E-state index contributed by atoms with van der Waals surface area (Å²) >= 11 is 0. The molecule has 0 aliphatic heterocycles. The normalized spacial score (nSPS) is 13.0. The van der Waals surface area contributed by atoms with Crippen LogP contribution in [0.15, 0.2) is 18.3 Å². The van der Waals surface area contributed by atoms with Crippen LogP contribution >= 0.6 is 0 Å². The smallest absolute Gasteiger partial charge is 0.0434 e. The van der Waals surface area contributed by atoms with Gasteiger partial charge in [0.15, 0.2) is 0 Å². The number of hydrogen-bond acceptors (Lipinski definition) is 2. The molecule has 0 bridgehead atoms. The predicted octanol–water partition coefficient (Wildman–Crippen LogP) is 1.52. The third-order valence-electron chi connectivity index (χ3n) is 2.91. The SMILES string of the molecule is CCC(CCO)CNCc1cccn1C. The lowest BCUT2D eigenvalue weighted by molar-refractivity contribution is 0.251. The van der Waals surface area contributed by atoms with Crippen LogP contribution in [0.1, 0.15) is 25.5 Å². The van der Waals surface area contributed by atoms with Crippen molar-refractivity contribution < 1.29 is 5.11 Å². The second-order valence-electron chi connectivity index (χ2n) is 4.03. The molecule has 1 rings (SSSR count). The highest BCUT2D eigenvalue weighted by molar-refractivity contribution is 5.05. The first-order chi connectivity index (χ1) is 7.27. The lowest BCUT2D eigenvalue weighted by Gasteiger charge is -2.14. The Labute approximate surface area is 92.1 Å². The zero-order chi connectivity index (χ0) is 11.1. The van der Waals surface area contributed by atoms with E-state index in [0.717, 1.165) is 25.9 Å². The van der Waals surface area contributed by atoms with Gasteiger partial charge in [0, 0.05) is 32.1 Å². The summed E-state index contributed by atoms with van der Waals surface area (Å²) in [7, 11) is 2.06. The van der Waals surface area contributed by atoms with Gasteiger partial charge in [0.25, 0.3) is 0 Å². The molecule has 0 saturated heterocycles. The second-order valence-corrected chi connectivity index (χ2v) is 4.03. The molecule has 0 aliphatic carbocycles. The van der Waals surface area contributed by atoms with Gasteiger partial charge in [-0.25, -0.2) is 0 Å². The van der Waals surface area contributed by atoms with Crippen molar-refractivity contribution in [3.8, 4) is 0 Å². The summed E-state index contributed by atoms with van der Waals surface area (Å²) in [6.07, 6.45) is 4.08. The zero-order valence-electron chi connectivity index (χ0n) is 9.74. The third kappa shape index (κ3) is 4.06. The number of aryl methyl sites for hydroxylation is 1. The molecule has 3 heteroatoms. The number of hydrogen-bond donors (Lipinski definition) is 2. The van der Waals surface area contributed by atoms with Gasteiger partial charge in [-0.1, -0.05) is 13.3 Å². The molecule has 0 radical (unpaired) electrons. The van der Waals surface area contributed by atoms with Crippen molar-refractivity contribution in [2.75, 3.05) is 13.2 Å². The molecule has 1 atom stereocenters. The third-order valence-corrected chi connectivity index (χ3v) is 2.91. The largest absolute Gasteiger partial charge is 0.396 e. The highest BCUT2D eigenvalue weighted by Gasteiger charge is 2.05. The Balaban J connectivity index is 2.23. The van der Waals surface area contributed by atoms with Gasteiger partial charge in [-0.2, -0.15) is 0 Å². The van der Waals surface area contributed by atoms with Gasteiger partial charge in [-0.15, -0.1) is 0 Å². The van der Waals surface area contributed by atoms with E-state index < -0.39 is 0 Å². The fraction of sp³-hybridized carbons (Fsp3) is 0.667. The molecule has 0 saturated carbocycles. The maximum atomic E-state index is 8.86. The van der Waals surface area contributed by atoms with Crippen molar-refractivity contribution >= 4 is 0 Å². The number of nitrogens with one attached hydrogen (secondary N) is 1. The molecule has 0 spiro atoms. The van der Waals surface area contributed by atoms with Crippen molar-refractivity contribution in [1.29, 1.82) is 0 Å². The Kier molecular flexibility index (Phi) is 5.43. The maximum absolute atomic E-state index is 8.86. The summed E-state index contributed by atoms with van der Waals surface area (Å²) in [6, 6.07) is 4.18. The predicted molar refractivity (Wildman–Crippen MR) is 62.6 cm³/mol. The molecule has 15 heavy (non-hydrogen) atoms. The van der Waals surface area contributed by atoms with E-state index in [9.17, 15) is 0 Å². The minimum atomic E-state index is 0.296. The van der Waals surface area contributed by atoms with Crippen molar-refractivity contribution in [3.63, 3.8) is 0 Å². The van der Waals surface area contributed by atoms with E-state index in [2.05, 4.69) is 42.2 Å². The van der Waals surface area contributed by atoms with E-state index in [-0.39, 0.29) is 0 Å². The number of nitrogens with zero attached hydrogens (tertiary/aromatic N) is 1. The van der Waals surface area contributed by atoms with Crippen LogP contribution in [0.4, 0.5) is 0 Å². The van der Waals surface area contributed by atoms with E-state index in [0.29, 0.717) is 12.5 Å². The molecule has 1 unspecified atom stereocenters. The summed E-state index contributed by atoms with van der Waals surface area (Å²) in [5.41, 5.74) is 1.30. The molecular weight excluding hydrogens is 188 g/mol. The van der Waals surface area contributed by atoms with Gasteiger partial charge in [0.1, 0.15) is 0 Å². The lowest BCUT2D eigenvalue weighted by Crippen LogP contribution is -2.23. The second kappa shape index (κ2) is 6.64.